The molecule has 1 atom stereocenters. The molecule has 0 radical (unpaired) electrons. The Bertz CT molecular complexity index is 642. The van der Waals surface area contributed by atoms with Crippen LogP contribution in [0.15, 0.2) is 18.2 Å². The highest BCUT2D eigenvalue weighted by Crippen LogP contribution is 2.20. The molecule has 0 saturated carbocycles. The summed E-state index contributed by atoms with van der Waals surface area (Å²) in [5.41, 5.74) is -0.611. The number of carbonyl (C=O) groups is 2. The first kappa shape index (κ1) is 15.9. The van der Waals surface area contributed by atoms with E-state index in [1.807, 2.05) is 4.72 Å². The number of carbonyl (C=O) groups excluding carboxylic acids is 1. The van der Waals surface area contributed by atoms with E-state index in [1.165, 1.54) is 0 Å². The number of carboxylic acids is 1. The summed E-state index contributed by atoms with van der Waals surface area (Å²) in [6, 6.07) is 2.72. The van der Waals surface area contributed by atoms with E-state index in [9.17, 15) is 22.4 Å². The average Bonchev–Trinajstić information content (AvgIpc) is 2.38. The highest BCUT2D eigenvalue weighted by atomic mass is 32.2. The summed E-state index contributed by atoms with van der Waals surface area (Å²) in [5.74, 6) is -3.27. The molecule has 1 aromatic rings. The van der Waals surface area contributed by atoms with Crippen LogP contribution in [0.1, 0.15) is 17.3 Å². The fourth-order valence-electron chi connectivity index (χ4n) is 1.26. The molecule has 2 N–H and O–H groups in total. The van der Waals surface area contributed by atoms with E-state index in [0.717, 1.165) is 32.2 Å². The third-order valence-electron chi connectivity index (χ3n) is 2.45. The molecule has 0 aromatic heterocycles. The van der Waals surface area contributed by atoms with Crippen molar-refractivity contribution in [2.24, 2.45) is 0 Å². The molecule has 0 saturated heterocycles. The number of hydrogen-bond donors (Lipinski definition) is 2. The number of anilines is 1. The second-order valence-corrected chi connectivity index (χ2v) is 5.81. The smallest absolute Gasteiger partial charge is 0.340 e. The van der Waals surface area contributed by atoms with E-state index in [-0.39, 0.29) is 11.3 Å². The lowest BCUT2D eigenvalue weighted by molar-refractivity contribution is -0.136. The van der Waals surface area contributed by atoms with Crippen LogP contribution in [0.5, 0.6) is 0 Å². The number of halogens is 1. The molecule has 110 valence electrons. The van der Waals surface area contributed by atoms with Crippen LogP contribution in [0.2, 0.25) is 0 Å². The number of methoxy groups -OCH3 is 1. The Kier molecular flexibility index (Phi) is 4.66. The van der Waals surface area contributed by atoms with Crippen molar-refractivity contribution in [3.05, 3.63) is 29.6 Å². The van der Waals surface area contributed by atoms with Gasteiger partial charge < -0.3 is 9.84 Å². The number of hydrogen-bond acceptors (Lipinski definition) is 5. The van der Waals surface area contributed by atoms with E-state index in [1.54, 1.807) is 0 Å². The minimum atomic E-state index is -4.27. The number of carboxylic acid groups (broad SMARTS) is 1. The largest absolute Gasteiger partial charge is 0.480 e. The fraction of sp³-hybridized carbons (Fsp3) is 0.273. The molecule has 0 fully saturated rings. The van der Waals surface area contributed by atoms with E-state index >= 15 is 0 Å². The number of sulfonamides is 1. The molecule has 9 heteroatoms. The zero-order valence-corrected chi connectivity index (χ0v) is 11.4. The summed E-state index contributed by atoms with van der Waals surface area (Å²) in [6.07, 6.45) is 0. The Labute approximate surface area is 114 Å². The fourth-order valence-corrected chi connectivity index (χ4v) is 2.19. The number of esters is 1. The van der Waals surface area contributed by atoms with Crippen molar-refractivity contribution < 1.29 is 32.2 Å². The summed E-state index contributed by atoms with van der Waals surface area (Å²) in [5, 5.41) is 6.96. The highest BCUT2D eigenvalue weighted by molar-refractivity contribution is 7.94. The van der Waals surface area contributed by atoms with E-state index in [0.29, 0.717) is 0 Å². The molecular formula is C11H12FNO6S. The molecule has 7 nitrogen and oxygen atoms in total. The summed E-state index contributed by atoms with van der Waals surface area (Å²) in [7, 11) is -3.22. The van der Waals surface area contributed by atoms with E-state index in [4.69, 9.17) is 5.11 Å². The molecule has 1 rings (SSSR count). The molecule has 1 aromatic carbocycles. The first-order valence-corrected chi connectivity index (χ1v) is 6.86. The van der Waals surface area contributed by atoms with Gasteiger partial charge in [0, 0.05) is 0 Å². The van der Waals surface area contributed by atoms with Gasteiger partial charge in [-0.1, -0.05) is 0 Å². The van der Waals surface area contributed by atoms with E-state index < -0.39 is 33.0 Å². The van der Waals surface area contributed by atoms with Gasteiger partial charge in [-0.25, -0.2) is 17.6 Å². The van der Waals surface area contributed by atoms with Crippen LogP contribution in [-0.4, -0.2) is 37.8 Å². The predicted octanol–water partition coefficient (Wildman–Crippen LogP) is 0.827. The van der Waals surface area contributed by atoms with Gasteiger partial charge in [0.2, 0.25) is 10.0 Å². The van der Waals surface area contributed by atoms with Crippen LogP contribution >= 0.6 is 0 Å². The Morgan fingerprint density at radius 2 is 2.00 bits per heavy atom. The maximum atomic E-state index is 13.1. The normalized spacial score (nSPS) is 12.6. The topological polar surface area (TPSA) is 110 Å². The lowest BCUT2D eigenvalue weighted by Gasteiger charge is -2.13. The van der Waals surface area contributed by atoms with Gasteiger partial charge >= 0.3 is 11.9 Å². The van der Waals surface area contributed by atoms with Crippen molar-refractivity contribution in [3.63, 3.8) is 0 Å². The van der Waals surface area contributed by atoms with Gasteiger partial charge in [-0.15, -0.1) is 0 Å². The van der Waals surface area contributed by atoms with Gasteiger partial charge in [0.05, 0.1) is 18.4 Å². The molecule has 0 aliphatic rings. The monoisotopic (exact) mass is 305 g/mol. The lowest BCUT2D eigenvalue weighted by Crippen LogP contribution is -2.32. The molecule has 0 heterocycles. The highest BCUT2D eigenvalue weighted by Gasteiger charge is 2.29. The van der Waals surface area contributed by atoms with E-state index in [2.05, 4.69) is 4.74 Å². The van der Waals surface area contributed by atoms with Crippen LogP contribution in [0, 0.1) is 5.82 Å². The van der Waals surface area contributed by atoms with Crippen molar-refractivity contribution >= 4 is 27.6 Å². The van der Waals surface area contributed by atoms with Crippen molar-refractivity contribution in [2.75, 3.05) is 11.8 Å². The zero-order chi connectivity index (χ0) is 15.5. The van der Waals surface area contributed by atoms with Gasteiger partial charge in [0.1, 0.15) is 5.82 Å². The van der Waals surface area contributed by atoms with Crippen LogP contribution in [0.4, 0.5) is 10.1 Å². The Balaban J connectivity index is 3.22. The summed E-state index contributed by atoms with van der Waals surface area (Å²) in [4.78, 5) is 22.1. The van der Waals surface area contributed by atoms with Crippen molar-refractivity contribution in [1.29, 1.82) is 0 Å². The number of aliphatic carboxylic acids is 1. The number of rotatable bonds is 5. The van der Waals surface area contributed by atoms with Gasteiger partial charge in [-0.2, -0.15) is 0 Å². The second-order valence-electron chi connectivity index (χ2n) is 3.81. The van der Waals surface area contributed by atoms with Crippen LogP contribution in [0.25, 0.3) is 0 Å². The molecule has 20 heavy (non-hydrogen) atoms. The number of nitrogens with one attached hydrogen (secondary N) is 1. The van der Waals surface area contributed by atoms with Gasteiger partial charge in [0.25, 0.3) is 0 Å². The van der Waals surface area contributed by atoms with Crippen molar-refractivity contribution in [3.8, 4) is 0 Å². The zero-order valence-electron chi connectivity index (χ0n) is 10.6. The first-order chi connectivity index (χ1) is 9.19. The molecule has 0 spiro atoms. The van der Waals surface area contributed by atoms with Gasteiger partial charge in [-0.3, -0.25) is 9.52 Å². The maximum Gasteiger partial charge on any atom is 0.340 e. The van der Waals surface area contributed by atoms with Crippen LogP contribution in [0.3, 0.4) is 0 Å². The Hall–Kier alpha value is -2.16. The first-order valence-electron chi connectivity index (χ1n) is 5.31. The lowest BCUT2D eigenvalue weighted by atomic mass is 10.2. The molecule has 1 unspecified atom stereocenters. The summed E-state index contributed by atoms with van der Waals surface area (Å²) >= 11 is 0. The molecule has 0 aliphatic heterocycles. The standard InChI is InChI=1S/C11H12FNO6S/c1-6(10(14)15)20(17,18)13-9-4-3-7(12)5-8(9)11(16)19-2/h3-6,13H,1-2H3,(H,14,15). The maximum absolute atomic E-state index is 13.1. The van der Waals surface area contributed by atoms with Crippen LogP contribution < -0.4 is 4.72 Å². The van der Waals surface area contributed by atoms with Crippen molar-refractivity contribution in [1.82, 2.24) is 0 Å². The second kappa shape index (κ2) is 5.87. The Morgan fingerprint density at radius 3 is 2.50 bits per heavy atom. The SMILES string of the molecule is COC(=O)c1cc(F)ccc1NS(=O)(=O)C(C)C(=O)O. The van der Waals surface area contributed by atoms with Gasteiger partial charge in [0.15, 0.2) is 5.25 Å². The van der Waals surface area contributed by atoms with Crippen LogP contribution in [-0.2, 0) is 19.6 Å². The Morgan fingerprint density at radius 1 is 1.40 bits per heavy atom. The average molecular weight is 305 g/mol. The number of benzene rings is 1. The minimum absolute atomic E-state index is 0.258. The molecule has 0 aliphatic carbocycles. The molecule has 0 bridgehead atoms. The molecule has 0 amide bonds. The molecular weight excluding hydrogens is 293 g/mol. The third kappa shape index (κ3) is 3.44. The van der Waals surface area contributed by atoms with Gasteiger partial charge in [-0.05, 0) is 25.1 Å². The third-order valence-corrected chi connectivity index (χ3v) is 4.09. The summed E-state index contributed by atoms with van der Waals surface area (Å²) in [6.45, 7) is 0.964. The minimum Gasteiger partial charge on any atom is -0.480 e. The predicted molar refractivity (Wildman–Crippen MR) is 67.4 cm³/mol. The summed E-state index contributed by atoms with van der Waals surface area (Å²) < 4.78 is 42.9. The quantitative estimate of drug-likeness (QED) is 0.780. The van der Waals surface area contributed by atoms with Crippen molar-refractivity contribution in [2.45, 2.75) is 12.2 Å². The number of ether oxygens (including phenoxy) is 1.